The van der Waals surface area contributed by atoms with Crippen molar-refractivity contribution in [3.8, 4) is 0 Å². The zero-order chi connectivity index (χ0) is 14.2. The van der Waals surface area contributed by atoms with Crippen LogP contribution in [0, 0.1) is 0 Å². The number of hydrogen-bond acceptors (Lipinski definition) is 8. The highest BCUT2D eigenvalue weighted by Crippen LogP contribution is 2.18. The van der Waals surface area contributed by atoms with Gasteiger partial charge in [-0.2, -0.15) is 0 Å². The Morgan fingerprint density at radius 1 is 0.684 bits per heavy atom. The molecule has 0 rings (SSSR count). The van der Waals surface area contributed by atoms with Gasteiger partial charge in [0.25, 0.3) is 0 Å². The molecular weight excluding hydrogens is 277 g/mol. The summed E-state index contributed by atoms with van der Waals surface area (Å²) in [5, 5.41) is 8.45. The fourth-order valence-corrected chi connectivity index (χ4v) is 1.28. The van der Waals surface area contributed by atoms with Crippen molar-refractivity contribution >= 4 is 8.53 Å². The van der Waals surface area contributed by atoms with E-state index in [4.69, 9.17) is 39.0 Å². The van der Waals surface area contributed by atoms with Crippen molar-refractivity contribution in [1.29, 1.82) is 0 Å². The summed E-state index contributed by atoms with van der Waals surface area (Å²) in [5.74, 6) is 0. The molecule has 0 aliphatic heterocycles. The summed E-state index contributed by atoms with van der Waals surface area (Å²) in [5.41, 5.74) is 5.02. The molecule has 4 N–H and O–H groups in total. The molecule has 0 bridgehead atoms. The lowest BCUT2D eigenvalue weighted by Crippen LogP contribution is -2.13. The van der Waals surface area contributed by atoms with Crippen LogP contribution in [-0.4, -0.2) is 76.1 Å². The minimum atomic E-state index is -1.79. The van der Waals surface area contributed by atoms with Crippen molar-refractivity contribution < 1.29 is 33.5 Å². The summed E-state index contributed by atoms with van der Waals surface area (Å²) in [4.78, 5) is 8.65. The first-order valence-electron chi connectivity index (χ1n) is 6.06. The third kappa shape index (κ3) is 18.1. The summed E-state index contributed by atoms with van der Waals surface area (Å²) in [7, 11) is -1.79. The van der Waals surface area contributed by atoms with Crippen LogP contribution in [0.25, 0.3) is 0 Å². The Morgan fingerprint density at radius 3 is 1.42 bits per heavy atom. The summed E-state index contributed by atoms with van der Waals surface area (Å²) in [6, 6.07) is 0. The molecule has 0 aromatic heterocycles. The molecule has 0 saturated carbocycles. The third-order valence-electron chi connectivity index (χ3n) is 1.80. The maximum atomic E-state index is 8.65. The van der Waals surface area contributed by atoms with E-state index in [1.54, 1.807) is 0 Å². The highest BCUT2D eigenvalue weighted by atomic mass is 31.2. The largest absolute Gasteiger partial charge is 0.394 e. The second kappa shape index (κ2) is 16.2. The number of aliphatic hydroxyl groups excluding tert-OH is 1. The van der Waals surface area contributed by atoms with E-state index in [-0.39, 0.29) is 13.2 Å². The summed E-state index contributed by atoms with van der Waals surface area (Å²) in [6.45, 7) is 3.88. The van der Waals surface area contributed by atoms with Crippen LogP contribution in [0.15, 0.2) is 0 Å². The van der Waals surface area contributed by atoms with Gasteiger partial charge in [-0.15, -0.1) is 0 Å². The molecule has 1 unspecified atom stereocenters. The SMILES string of the molecule is NP(O)OCCOCCOCCOCCOCCO. The Labute approximate surface area is 114 Å². The van der Waals surface area contributed by atoms with E-state index >= 15 is 0 Å². The minimum absolute atomic E-state index is 0.0272. The maximum absolute atomic E-state index is 8.65. The van der Waals surface area contributed by atoms with E-state index in [0.29, 0.717) is 52.9 Å². The molecule has 0 heterocycles. The van der Waals surface area contributed by atoms with Crippen molar-refractivity contribution in [3.63, 3.8) is 0 Å². The predicted octanol–water partition coefficient (Wildman–Crippen LogP) is -0.760. The van der Waals surface area contributed by atoms with E-state index in [1.165, 1.54) is 0 Å². The molecule has 0 radical (unpaired) electrons. The second-order valence-corrected chi connectivity index (χ2v) is 4.17. The molecule has 0 amide bonds. The van der Waals surface area contributed by atoms with Crippen LogP contribution in [0.2, 0.25) is 0 Å². The number of hydrogen-bond donors (Lipinski definition) is 3. The predicted molar refractivity (Wildman–Crippen MR) is 69.6 cm³/mol. The van der Waals surface area contributed by atoms with Gasteiger partial charge in [0.05, 0.1) is 66.1 Å². The Hall–Kier alpha value is 0.110. The summed E-state index contributed by atoms with van der Waals surface area (Å²) >= 11 is 0. The standard InChI is InChI=1S/C10H24NO7P/c11-19(13)18-10-9-17-8-7-16-6-5-15-4-3-14-2-1-12/h12-13H,1-11H2. The second-order valence-electron chi connectivity index (χ2n) is 3.31. The van der Waals surface area contributed by atoms with Gasteiger partial charge in [0.2, 0.25) is 8.53 Å². The van der Waals surface area contributed by atoms with Gasteiger partial charge >= 0.3 is 0 Å². The molecule has 9 heteroatoms. The van der Waals surface area contributed by atoms with E-state index in [1.807, 2.05) is 0 Å². The van der Waals surface area contributed by atoms with Crippen molar-refractivity contribution in [2.75, 3.05) is 66.1 Å². The van der Waals surface area contributed by atoms with Crippen LogP contribution in [0.1, 0.15) is 0 Å². The lowest BCUT2D eigenvalue weighted by molar-refractivity contribution is -0.00775. The molecule has 19 heavy (non-hydrogen) atoms. The Kier molecular flexibility index (Phi) is 16.3. The molecule has 1 atom stereocenters. The van der Waals surface area contributed by atoms with Crippen LogP contribution in [-0.2, 0) is 23.5 Å². The van der Waals surface area contributed by atoms with Crippen molar-refractivity contribution in [1.82, 2.24) is 0 Å². The van der Waals surface area contributed by atoms with Crippen molar-refractivity contribution in [2.45, 2.75) is 0 Å². The van der Waals surface area contributed by atoms with E-state index in [0.717, 1.165) is 0 Å². The molecule has 0 fully saturated rings. The lowest BCUT2D eigenvalue weighted by Gasteiger charge is -2.07. The first-order chi connectivity index (χ1) is 9.27. The van der Waals surface area contributed by atoms with Gasteiger partial charge in [-0.05, 0) is 0 Å². The topological polar surface area (TPSA) is 113 Å². The molecule has 0 aliphatic carbocycles. The van der Waals surface area contributed by atoms with E-state index in [9.17, 15) is 0 Å². The van der Waals surface area contributed by atoms with Crippen LogP contribution in [0.5, 0.6) is 0 Å². The third-order valence-corrected chi connectivity index (χ3v) is 2.25. The van der Waals surface area contributed by atoms with Gasteiger partial charge < -0.3 is 33.5 Å². The molecule has 0 aliphatic rings. The maximum Gasteiger partial charge on any atom is 0.250 e. The zero-order valence-electron chi connectivity index (χ0n) is 11.0. The van der Waals surface area contributed by atoms with E-state index in [2.05, 4.69) is 0 Å². The Bertz CT molecular complexity index is 176. The van der Waals surface area contributed by atoms with Gasteiger partial charge in [-0.1, -0.05) is 0 Å². The Morgan fingerprint density at radius 2 is 1.05 bits per heavy atom. The molecule has 0 spiro atoms. The van der Waals surface area contributed by atoms with Gasteiger partial charge in [0.15, 0.2) is 0 Å². The number of rotatable bonds is 15. The molecule has 8 nitrogen and oxygen atoms in total. The molecule has 116 valence electrons. The number of nitrogens with two attached hydrogens (primary N) is 1. The van der Waals surface area contributed by atoms with Crippen molar-refractivity contribution in [2.24, 2.45) is 5.50 Å². The smallest absolute Gasteiger partial charge is 0.250 e. The molecule has 0 aromatic rings. The van der Waals surface area contributed by atoms with Crippen LogP contribution in [0.4, 0.5) is 0 Å². The van der Waals surface area contributed by atoms with E-state index < -0.39 is 8.53 Å². The Balaban J connectivity index is 2.91. The average Bonchev–Trinajstić information content (AvgIpc) is 2.39. The fraction of sp³-hybridized carbons (Fsp3) is 1.00. The fourth-order valence-electron chi connectivity index (χ4n) is 1.02. The highest BCUT2D eigenvalue weighted by Gasteiger charge is 1.96. The van der Waals surface area contributed by atoms with Crippen LogP contribution in [0.3, 0.4) is 0 Å². The molecule has 0 aromatic carbocycles. The number of ether oxygens (including phenoxy) is 4. The quantitative estimate of drug-likeness (QED) is 0.267. The molecular formula is C10H24NO7P. The lowest BCUT2D eigenvalue weighted by atomic mass is 10.7. The van der Waals surface area contributed by atoms with Crippen LogP contribution >= 0.6 is 8.53 Å². The average molecular weight is 301 g/mol. The normalized spacial score (nSPS) is 12.8. The summed E-state index contributed by atoms with van der Waals surface area (Å²) < 4.78 is 25.4. The monoisotopic (exact) mass is 301 g/mol. The minimum Gasteiger partial charge on any atom is -0.394 e. The van der Waals surface area contributed by atoms with Crippen LogP contribution < -0.4 is 5.50 Å². The first-order valence-corrected chi connectivity index (χ1v) is 7.34. The molecule has 0 saturated heterocycles. The van der Waals surface area contributed by atoms with Gasteiger partial charge in [0, 0.05) is 0 Å². The zero-order valence-corrected chi connectivity index (χ0v) is 11.9. The first kappa shape index (κ1) is 19.1. The van der Waals surface area contributed by atoms with Gasteiger partial charge in [-0.25, -0.2) is 0 Å². The van der Waals surface area contributed by atoms with Crippen molar-refractivity contribution in [3.05, 3.63) is 0 Å². The summed E-state index contributed by atoms with van der Waals surface area (Å²) in [6.07, 6.45) is 0. The highest BCUT2D eigenvalue weighted by molar-refractivity contribution is 7.43. The van der Waals surface area contributed by atoms with Gasteiger partial charge in [0.1, 0.15) is 0 Å². The number of aliphatic hydroxyl groups is 1. The van der Waals surface area contributed by atoms with Gasteiger partial charge in [-0.3, -0.25) is 5.50 Å².